The van der Waals surface area contributed by atoms with Crippen molar-refractivity contribution in [3.8, 4) is 11.1 Å². The maximum Gasteiger partial charge on any atom is 0.277 e. The predicted octanol–water partition coefficient (Wildman–Crippen LogP) is 5.43. The zero-order valence-corrected chi connectivity index (χ0v) is 22.4. The molecule has 0 fully saturated rings. The van der Waals surface area contributed by atoms with Crippen molar-refractivity contribution in [3.05, 3.63) is 69.8 Å². The topological polar surface area (TPSA) is 94.2 Å². The maximum absolute atomic E-state index is 13.0. The molecule has 0 spiro atoms. The third kappa shape index (κ3) is 4.89. The molecule has 190 valence electrons. The number of nitrogens with one attached hydrogen (secondary N) is 1. The Kier molecular flexibility index (Phi) is 6.96. The first kappa shape index (κ1) is 25.9. The largest absolute Gasteiger partial charge is 0.358 e. The lowest BCUT2D eigenvalue weighted by molar-refractivity contribution is -0.151. The van der Waals surface area contributed by atoms with Crippen molar-refractivity contribution in [2.24, 2.45) is 7.05 Å². The van der Waals surface area contributed by atoms with Crippen LogP contribution in [0.2, 0.25) is 5.02 Å². The van der Waals surface area contributed by atoms with E-state index in [1.807, 2.05) is 71.4 Å². The Bertz CT molecular complexity index is 1430. The monoisotopic (exact) mass is 509 g/mol. The highest BCUT2D eigenvalue weighted by Crippen LogP contribution is 2.42. The molecule has 0 aliphatic rings. The first-order valence-electron chi connectivity index (χ1n) is 11.8. The Morgan fingerprint density at radius 2 is 1.86 bits per heavy atom. The van der Waals surface area contributed by atoms with E-state index in [4.69, 9.17) is 21.3 Å². The third-order valence-electron chi connectivity index (χ3n) is 6.30. The fourth-order valence-corrected chi connectivity index (χ4v) is 4.74. The van der Waals surface area contributed by atoms with Gasteiger partial charge < -0.3 is 9.30 Å². The Balaban J connectivity index is 2.08. The lowest BCUT2D eigenvalue weighted by Crippen LogP contribution is -2.34. The Hall–Kier alpha value is -3.20. The van der Waals surface area contributed by atoms with Crippen molar-refractivity contribution >= 4 is 28.5 Å². The number of aromatic nitrogens is 4. The van der Waals surface area contributed by atoms with E-state index in [-0.39, 0.29) is 0 Å². The van der Waals surface area contributed by atoms with Gasteiger partial charge in [0.25, 0.3) is 5.91 Å². The Morgan fingerprint density at radius 3 is 2.42 bits per heavy atom. The smallest absolute Gasteiger partial charge is 0.277 e. The molecule has 36 heavy (non-hydrogen) atoms. The van der Waals surface area contributed by atoms with Crippen LogP contribution < -0.4 is 5.48 Å². The quantitative estimate of drug-likeness (QED) is 0.267. The molecule has 1 atom stereocenters. The van der Waals surface area contributed by atoms with E-state index in [0.717, 1.165) is 39.0 Å². The van der Waals surface area contributed by atoms with E-state index in [1.54, 1.807) is 10.2 Å². The lowest BCUT2D eigenvalue weighted by atomic mass is 9.90. The molecule has 9 heteroatoms. The van der Waals surface area contributed by atoms with E-state index in [1.165, 1.54) is 0 Å². The van der Waals surface area contributed by atoms with Gasteiger partial charge in [0.05, 0.1) is 18.3 Å². The lowest BCUT2D eigenvalue weighted by Gasteiger charge is -2.29. The number of halogens is 1. The average Bonchev–Trinajstić information content (AvgIpc) is 3.32. The first-order chi connectivity index (χ1) is 16.9. The summed E-state index contributed by atoms with van der Waals surface area (Å²) >= 11 is 6.22. The number of pyridine rings is 1. The summed E-state index contributed by atoms with van der Waals surface area (Å²) in [7, 11) is 1.89. The van der Waals surface area contributed by atoms with Crippen LogP contribution in [0.3, 0.4) is 0 Å². The van der Waals surface area contributed by atoms with Crippen molar-refractivity contribution in [2.75, 3.05) is 0 Å². The van der Waals surface area contributed by atoms with Gasteiger partial charge in [0.1, 0.15) is 5.65 Å². The second-order valence-corrected chi connectivity index (χ2v) is 10.5. The molecule has 4 aromatic rings. The standard InChI is InChI=1S/C27H32ClN5O3/c1-15-17(3)33(14-18-12-29-32(7)13-18)25-21(15)23(19-8-10-20(28)11-9-19)22(16(2)30-25)24(26(34)31-35)36-27(4,5)6/h8-13,24,35H,14H2,1-7H3,(H,31,34)/t24-/m0/s1. The Labute approximate surface area is 215 Å². The van der Waals surface area contributed by atoms with Crippen LogP contribution in [0.4, 0.5) is 0 Å². The molecule has 8 nitrogen and oxygen atoms in total. The van der Waals surface area contributed by atoms with Gasteiger partial charge in [-0.15, -0.1) is 0 Å². The molecular weight excluding hydrogens is 478 g/mol. The molecule has 4 rings (SSSR count). The molecule has 0 aliphatic carbocycles. The third-order valence-corrected chi connectivity index (χ3v) is 6.55. The number of hydroxylamine groups is 1. The number of nitrogens with zero attached hydrogens (tertiary/aromatic N) is 4. The maximum atomic E-state index is 13.0. The fourth-order valence-electron chi connectivity index (χ4n) is 4.62. The van der Waals surface area contributed by atoms with Crippen molar-refractivity contribution in [1.29, 1.82) is 0 Å². The van der Waals surface area contributed by atoms with E-state index >= 15 is 0 Å². The van der Waals surface area contributed by atoms with Crippen LogP contribution >= 0.6 is 11.6 Å². The molecular formula is C27H32ClN5O3. The zero-order valence-electron chi connectivity index (χ0n) is 21.7. The zero-order chi connectivity index (χ0) is 26.4. The van der Waals surface area contributed by atoms with E-state index in [0.29, 0.717) is 22.8 Å². The molecule has 0 bridgehead atoms. The van der Waals surface area contributed by atoms with Gasteiger partial charge in [0, 0.05) is 51.7 Å². The second kappa shape index (κ2) is 9.69. The summed E-state index contributed by atoms with van der Waals surface area (Å²) in [6, 6.07) is 7.50. The number of amides is 1. The average molecular weight is 510 g/mol. The van der Waals surface area contributed by atoms with Gasteiger partial charge >= 0.3 is 0 Å². The molecule has 3 heterocycles. The van der Waals surface area contributed by atoms with E-state index in [2.05, 4.69) is 23.5 Å². The van der Waals surface area contributed by atoms with E-state index in [9.17, 15) is 10.0 Å². The van der Waals surface area contributed by atoms with Crippen LogP contribution in [0.25, 0.3) is 22.2 Å². The van der Waals surface area contributed by atoms with Crippen molar-refractivity contribution in [1.82, 2.24) is 24.8 Å². The number of aryl methyl sites for hydroxylation is 3. The summed E-state index contributed by atoms with van der Waals surface area (Å²) in [4.78, 5) is 18.0. The highest BCUT2D eigenvalue weighted by Gasteiger charge is 2.33. The van der Waals surface area contributed by atoms with Gasteiger partial charge in [0.2, 0.25) is 0 Å². The molecule has 0 radical (unpaired) electrons. The molecule has 2 N–H and O–H groups in total. The van der Waals surface area contributed by atoms with Gasteiger partial charge in [-0.2, -0.15) is 5.10 Å². The summed E-state index contributed by atoms with van der Waals surface area (Å²) in [6.07, 6.45) is 2.75. The molecule has 0 saturated heterocycles. The molecule has 0 aliphatic heterocycles. The van der Waals surface area contributed by atoms with Gasteiger partial charge in [-0.25, -0.2) is 10.5 Å². The van der Waals surface area contributed by atoms with Crippen LogP contribution in [-0.2, 0) is 23.1 Å². The minimum Gasteiger partial charge on any atom is -0.358 e. The van der Waals surface area contributed by atoms with Crippen molar-refractivity contribution in [2.45, 2.75) is 59.8 Å². The molecule has 0 unspecified atom stereocenters. The summed E-state index contributed by atoms with van der Waals surface area (Å²) in [6.45, 7) is 12.2. The number of hydrogen-bond donors (Lipinski definition) is 2. The van der Waals surface area contributed by atoms with Crippen molar-refractivity contribution in [3.63, 3.8) is 0 Å². The Morgan fingerprint density at radius 1 is 1.19 bits per heavy atom. The van der Waals surface area contributed by atoms with Crippen LogP contribution in [0.5, 0.6) is 0 Å². The fraction of sp³-hybridized carbons (Fsp3) is 0.370. The minimum atomic E-state index is -1.08. The van der Waals surface area contributed by atoms with Crippen LogP contribution in [0.15, 0.2) is 36.7 Å². The SMILES string of the molecule is Cc1nc2c(c(C)c(C)n2Cc2cnn(C)c2)c(-c2ccc(Cl)cc2)c1[C@H](OC(C)(C)C)C(=O)NO. The summed E-state index contributed by atoms with van der Waals surface area (Å²) < 4.78 is 10.2. The number of fused-ring (bicyclic) bond motifs is 1. The van der Waals surface area contributed by atoms with Gasteiger partial charge in [-0.05, 0) is 64.8 Å². The highest BCUT2D eigenvalue weighted by molar-refractivity contribution is 6.30. The number of ether oxygens (including phenoxy) is 1. The summed E-state index contributed by atoms with van der Waals surface area (Å²) in [5.74, 6) is -0.659. The molecule has 1 amide bonds. The van der Waals surface area contributed by atoms with Crippen molar-refractivity contribution < 1.29 is 14.7 Å². The number of carbonyl (C=O) groups is 1. The summed E-state index contributed by atoms with van der Waals surface area (Å²) in [5.41, 5.74) is 8.05. The van der Waals surface area contributed by atoms with Crippen LogP contribution in [0, 0.1) is 20.8 Å². The van der Waals surface area contributed by atoms with Gasteiger partial charge in [0.15, 0.2) is 6.10 Å². The van der Waals surface area contributed by atoms with Gasteiger partial charge in [-0.3, -0.25) is 14.7 Å². The normalized spacial score (nSPS) is 12.8. The minimum absolute atomic E-state index is 0.605. The number of hydrogen-bond acceptors (Lipinski definition) is 5. The predicted molar refractivity (Wildman–Crippen MR) is 140 cm³/mol. The number of carbonyl (C=O) groups excluding carboxylic acids is 1. The number of rotatable bonds is 6. The van der Waals surface area contributed by atoms with E-state index < -0.39 is 17.6 Å². The molecule has 0 saturated carbocycles. The molecule has 3 aromatic heterocycles. The summed E-state index contributed by atoms with van der Waals surface area (Å²) in [5, 5.41) is 15.4. The number of benzene rings is 1. The van der Waals surface area contributed by atoms with Crippen LogP contribution in [-0.4, -0.2) is 36.0 Å². The van der Waals surface area contributed by atoms with Crippen LogP contribution in [0.1, 0.15) is 55.0 Å². The first-order valence-corrected chi connectivity index (χ1v) is 12.1. The van der Waals surface area contributed by atoms with Gasteiger partial charge in [-0.1, -0.05) is 23.7 Å². The highest BCUT2D eigenvalue weighted by atomic mass is 35.5. The second-order valence-electron chi connectivity index (χ2n) is 10.1. The molecule has 1 aromatic carbocycles.